The number of rotatable bonds is 3. The van der Waals surface area contributed by atoms with Crippen molar-refractivity contribution in [3.63, 3.8) is 0 Å². The van der Waals surface area contributed by atoms with Crippen LogP contribution in [0.1, 0.15) is 11.1 Å². The van der Waals surface area contributed by atoms with Crippen LogP contribution >= 0.6 is 11.6 Å². The van der Waals surface area contributed by atoms with Crippen LogP contribution in [0.5, 0.6) is 0 Å². The van der Waals surface area contributed by atoms with Crippen LogP contribution in [-0.2, 0) is 16.4 Å². The lowest BCUT2D eigenvalue weighted by molar-refractivity contribution is 0.601. The molecule has 0 amide bonds. The molecule has 2 aromatic carbocycles. The maximum absolute atomic E-state index is 12.5. The van der Waals surface area contributed by atoms with Gasteiger partial charge in [-0.2, -0.15) is 0 Å². The molecule has 0 saturated carbocycles. The molecule has 110 valence electrons. The summed E-state index contributed by atoms with van der Waals surface area (Å²) >= 11 is 6.04. The van der Waals surface area contributed by atoms with E-state index in [9.17, 15) is 8.42 Å². The van der Waals surface area contributed by atoms with Gasteiger partial charge in [0, 0.05) is 12.2 Å². The first-order valence-corrected chi connectivity index (χ1v) is 8.47. The van der Waals surface area contributed by atoms with Crippen LogP contribution in [-0.4, -0.2) is 15.0 Å². The third-order valence-corrected chi connectivity index (χ3v) is 5.16. The Hall–Kier alpha value is -1.72. The summed E-state index contributed by atoms with van der Waals surface area (Å²) in [4.78, 5) is 0.230. The fourth-order valence-corrected chi connectivity index (χ4v) is 3.68. The van der Waals surface area contributed by atoms with Gasteiger partial charge in [-0.25, -0.2) is 8.42 Å². The second-order valence-electron chi connectivity index (χ2n) is 5.08. The molecule has 0 atom stereocenters. The lowest BCUT2D eigenvalue weighted by Gasteiger charge is -2.11. The first-order chi connectivity index (χ1) is 9.95. The zero-order valence-corrected chi connectivity index (χ0v) is 13.1. The van der Waals surface area contributed by atoms with Gasteiger partial charge in [-0.1, -0.05) is 23.7 Å². The lowest BCUT2D eigenvalue weighted by atomic mass is 10.2. The highest BCUT2D eigenvalue weighted by Crippen LogP contribution is 2.29. The van der Waals surface area contributed by atoms with Crippen LogP contribution in [0.3, 0.4) is 0 Å². The van der Waals surface area contributed by atoms with E-state index in [0.29, 0.717) is 10.7 Å². The number of anilines is 2. The number of sulfonamides is 1. The number of hydrogen-bond donors (Lipinski definition) is 2. The molecule has 0 bridgehead atoms. The molecule has 0 saturated heterocycles. The molecule has 0 aromatic heterocycles. The van der Waals surface area contributed by atoms with Crippen LogP contribution < -0.4 is 10.0 Å². The molecule has 1 aliphatic heterocycles. The summed E-state index contributed by atoms with van der Waals surface area (Å²) in [6, 6.07) is 10.4. The van der Waals surface area contributed by atoms with Crippen molar-refractivity contribution in [3.8, 4) is 0 Å². The van der Waals surface area contributed by atoms with Crippen molar-refractivity contribution in [1.29, 1.82) is 0 Å². The number of halogens is 1. The fourth-order valence-electron chi connectivity index (χ4n) is 2.36. The average Bonchev–Trinajstić information content (AvgIpc) is 2.90. The molecular formula is C15H15ClN2O2S. The smallest absolute Gasteiger partial charge is 0.262 e. The molecular weight excluding hydrogens is 308 g/mol. The molecule has 6 heteroatoms. The van der Waals surface area contributed by atoms with E-state index in [0.717, 1.165) is 29.8 Å². The van der Waals surface area contributed by atoms with Gasteiger partial charge in [0.2, 0.25) is 0 Å². The molecule has 1 heterocycles. The molecule has 0 radical (unpaired) electrons. The van der Waals surface area contributed by atoms with Crippen molar-refractivity contribution in [2.24, 2.45) is 0 Å². The largest absolute Gasteiger partial charge is 0.384 e. The van der Waals surface area contributed by atoms with Gasteiger partial charge in [0.15, 0.2) is 0 Å². The minimum Gasteiger partial charge on any atom is -0.384 e. The standard InChI is InChI=1S/C15H15ClN2O2S/c1-10-2-5-13(16)15(8-10)18-21(19,20)12-4-3-11-6-7-17-14(11)9-12/h2-5,8-9,17-18H,6-7H2,1H3. The molecule has 1 aliphatic rings. The van der Waals surface area contributed by atoms with Crippen LogP contribution in [0.2, 0.25) is 5.02 Å². The maximum Gasteiger partial charge on any atom is 0.262 e. The van der Waals surface area contributed by atoms with Crippen LogP contribution in [0.25, 0.3) is 0 Å². The Kier molecular flexibility index (Phi) is 3.55. The highest BCUT2D eigenvalue weighted by Gasteiger charge is 2.19. The third kappa shape index (κ3) is 2.84. The van der Waals surface area contributed by atoms with Gasteiger partial charge >= 0.3 is 0 Å². The summed E-state index contributed by atoms with van der Waals surface area (Å²) in [5.74, 6) is 0. The number of aryl methyl sites for hydroxylation is 1. The highest BCUT2D eigenvalue weighted by molar-refractivity contribution is 7.92. The quantitative estimate of drug-likeness (QED) is 0.910. The molecule has 2 aromatic rings. The van der Waals surface area contributed by atoms with Crippen molar-refractivity contribution in [2.75, 3.05) is 16.6 Å². The Morgan fingerprint density at radius 3 is 2.81 bits per heavy atom. The van der Waals surface area contributed by atoms with E-state index in [4.69, 9.17) is 11.6 Å². The van der Waals surface area contributed by atoms with Gasteiger partial charge < -0.3 is 5.32 Å². The zero-order valence-electron chi connectivity index (χ0n) is 11.5. The summed E-state index contributed by atoms with van der Waals surface area (Å²) in [5, 5.41) is 3.56. The van der Waals surface area contributed by atoms with E-state index < -0.39 is 10.0 Å². The Bertz CT molecular complexity index is 803. The van der Waals surface area contributed by atoms with Gasteiger partial charge in [0.25, 0.3) is 10.0 Å². The van der Waals surface area contributed by atoms with Crippen molar-refractivity contribution < 1.29 is 8.42 Å². The number of benzene rings is 2. The first-order valence-electron chi connectivity index (χ1n) is 6.61. The Morgan fingerprint density at radius 2 is 2.00 bits per heavy atom. The average molecular weight is 323 g/mol. The zero-order chi connectivity index (χ0) is 15.0. The minimum absolute atomic E-state index is 0.230. The van der Waals surface area contributed by atoms with Crippen molar-refractivity contribution >= 4 is 33.0 Å². The number of fused-ring (bicyclic) bond motifs is 1. The van der Waals surface area contributed by atoms with Crippen molar-refractivity contribution in [3.05, 3.63) is 52.5 Å². The van der Waals surface area contributed by atoms with Crippen LogP contribution in [0.15, 0.2) is 41.3 Å². The Labute approximate surface area is 129 Å². The fraction of sp³-hybridized carbons (Fsp3) is 0.200. The summed E-state index contributed by atoms with van der Waals surface area (Å²) in [6.45, 7) is 2.73. The van der Waals surface area contributed by atoms with E-state index in [1.54, 1.807) is 24.3 Å². The summed E-state index contributed by atoms with van der Waals surface area (Å²) in [6.07, 6.45) is 0.923. The highest BCUT2D eigenvalue weighted by atomic mass is 35.5. The number of nitrogens with one attached hydrogen (secondary N) is 2. The third-order valence-electron chi connectivity index (χ3n) is 3.47. The predicted octanol–water partition coefficient (Wildman–Crippen LogP) is 3.42. The van der Waals surface area contributed by atoms with Gasteiger partial charge in [-0.15, -0.1) is 0 Å². The number of hydrogen-bond acceptors (Lipinski definition) is 3. The molecule has 2 N–H and O–H groups in total. The van der Waals surface area contributed by atoms with E-state index in [1.807, 2.05) is 19.1 Å². The minimum atomic E-state index is -3.65. The molecule has 3 rings (SSSR count). The van der Waals surface area contributed by atoms with Gasteiger partial charge in [-0.3, -0.25) is 4.72 Å². The first kappa shape index (κ1) is 14.2. The summed E-state index contributed by atoms with van der Waals surface area (Å²) in [7, 11) is -3.65. The monoisotopic (exact) mass is 322 g/mol. The van der Waals surface area contributed by atoms with Gasteiger partial charge in [0.1, 0.15) is 0 Å². The lowest BCUT2D eigenvalue weighted by Crippen LogP contribution is -2.13. The molecule has 21 heavy (non-hydrogen) atoms. The summed E-state index contributed by atoms with van der Waals surface area (Å²) < 4.78 is 27.5. The van der Waals surface area contributed by atoms with Gasteiger partial charge in [0.05, 0.1) is 15.6 Å². The predicted molar refractivity (Wildman–Crippen MR) is 85.6 cm³/mol. The topological polar surface area (TPSA) is 58.2 Å². The van der Waals surface area contributed by atoms with Gasteiger partial charge in [-0.05, 0) is 48.7 Å². The van der Waals surface area contributed by atoms with E-state index >= 15 is 0 Å². The van der Waals surface area contributed by atoms with E-state index in [1.165, 1.54) is 0 Å². The molecule has 0 unspecified atom stereocenters. The maximum atomic E-state index is 12.5. The van der Waals surface area contributed by atoms with Crippen LogP contribution in [0.4, 0.5) is 11.4 Å². The van der Waals surface area contributed by atoms with E-state index in [2.05, 4.69) is 10.0 Å². The van der Waals surface area contributed by atoms with E-state index in [-0.39, 0.29) is 4.90 Å². The Morgan fingerprint density at radius 1 is 1.19 bits per heavy atom. The molecule has 0 spiro atoms. The second-order valence-corrected chi connectivity index (χ2v) is 7.17. The second kappa shape index (κ2) is 5.24. The van der Waals surface area contributed by atoms with Crippen molar-refractivity contribution in [2.45, 2.75) is 18.2 Å². The molecule has 4 nitrogen and oxygen atoms in total. The van der Waals surface area contributed by atoms with Crippen molar-refractivity contribution in [1.82, 2.24) is 0 Å². The summed E-state index contributed by atoms with van der Waals surface area (Å²) in [5.41, 5.74) is 3.36. The van der Waals surface area contributed by atoms with Crippen LogP contribution in [0, 0.1) is 6.92 Å². The Balaban J connectivity index is 1.95. The SMILES string of the molecule is Cc1ccc(Cl)c(NS(=O)(=O)c2ccc3c(c2)NCC3)c1. The molecule has 0 fully saturated rings. The molecule has 0 aliphatic carbocycles. The normalized spacial score (nSPS) is 13.6.